The molecule has 0 bridgehead atoms. The summed E-state index contributed by atoms with van der Waals surface area (Å²) in [6.07, 6.45) is 0.413. The molecule has 0 unspecified atom stereocenters. The first-order chi connectivity index (χ1) is 8.13. The van der Waals surface area contributed by atoms with Crippen LogP contribution in [0.4, 0.5) is 8.78 Å². The lowest BCUT2D eigenvalue weighted by Gasteiger charge is -1.99. The quantitative estimate of drug-likeness (QED) is 0.624. The minimum Gasteiger partial charge on any atom is -0.322 e. The molecular formula is C11H9F2N3S. The highest BCUT2D eigenvalue weighted by Gasteiger charge is 2.12. The van der Waals surface area contributed by atoms with Crippen molar-refractivity contribution < 1.29 is 8.78 Å². The molecule has 0 saturated carbocycles. The zero-order valence-corrected chi connectivity index (χ0v) is 9.89. The summed E-state index contributed by atoms with van der Waals surface area (Å²) in [5.41, 5.74) is 0.967. The maximum absolute atomic E-state index is 13.1. The molecule has 1 aromatic heterocycles. The maximum Gasteiger partial charge on any atom is 0.168 e. The molecule has 2 aromatic rings. The summed E-state index contributed by atoms with van der Waals surface area (Å²) in [6, 6.07) is 4.24. The van der Waals surface area contributed by atoms with E-state index in [0.29, 0.717) is 28.4 Å². The van der Waals surface area contributed by atoms with Gasteiger partial charge in [-0.1, -0.05) is 11.8 Å². The summed E-state index contributed by atoms with van der Waals surface area (Å²) < 4.78 is 27.8. The minimum absolute atomic E-state index is 0.413. The molecule has 1 heterocycles. The van der Waals surface area contributed by atoms with Crippen molar-refractivity contribution in [2.45, 2.75) is 11.6 Å². The molecule has 0 atom stereocenters. The van der Waals surface area contributed by atoms with Gasteiger partial charge in [-0.3, -0.25) is 0 Å². The fourth-order valence-corrected chi connectivity index (χ4v) is 2.31. The molecule has 0 N–H and O–H groups in total. The van der Waals surface area contributed by atoms with Crippen LogP contribution in [0.15, 0.2) is 17.3 Å². The van der Waals surface area contributed by atoms with Crippen LogP contribution in [0.5, 0.6) is 0 Å². The van der Waals surface area contributed by atoms with E-state index in [-0.39, 0.29) is 0 Å². The summed E-state index contributed by atoms with van der Waals surface area (Å²) in [4.78, 5) is 4.20. The average Bonchev–Trinajstić information content (AvgIpc) is 2.58. The lowest BCUT2D eigenvalue weighted by molar-refractivity contribution is 0.510. The van der Waals surface area contributed by atoms with Crippen molar-refractivity contribution >= 4 is 22.8 Å². The molecule has 0 spiro atoms. The number of thioether (sulfide) groups is 1. The normalized spacial score (nSPS) is 10.7. The van der Waals surface area contributed by atoms with Crippen molar-refractivity contribution in [3.63, 3.8) is 0 Å². The number of imidazole rings is 1. The molecule has 17 heavy (non-hydrogen) atoms. The Kier molecular flexibility index (Phi) is 3.29. The maximum atomic E-state index is 13.1. The molecule has 0 aliphatic carbocycles. The number of benzene rings is 1. The van der Waals surface area contributed by atoms with E-state index in [2.05, 4.69) is 4.98 Å². The predicted octanol–water partition coefficient (Wildman–Crippen LogP) is 2.86. The number of aromatic nitrogens is 2. The highest BCUT2D eigenvalue weighted by Crippen LogP contribution is 2.24. The van der Waals surface area contributed by atoms with E-state index in [1.165, 1.54) is 11.8 Å². The standard InChI is InChI=1S/C11H9F2N3S/c1-16-10-6-8(13)7(12)5-9(10)15-11(16)17-4-2-3-14/h5-6H,2,4H2,1H3. The molecule has 2 rings (SSSR count). The van der Waals surface area contributed by atoms with Gasteiger partial charge in [0.05, 0.1) is 17.1 Å². The second-order valence-corrected chi connectivity index (χ2v) is 4.53. The number of fused-ring (bicyclic) bond motifs is 1. The van der Waals surface area contributed by atoms with Crippen molar-refractivity contribution in [3.05, 3.63) is 23.8 Å². The Morgan fingerprint density at radius 2 is 2.12 bits per heavy atom. The van der Waals surface area contributed by atoms with Crippen molar-refractivity contribution in [2.75, 3.05) is 5.75 Å². The van der Waals surface area contributed by atoms with E-state index < -0.39 is 11.6 Å². The van der Waals surface area contributed by atoms with Crippen LogP contribution in [0.3, 0.4) is 0 Å². The topological polar surface area (TPSA) is 41.6 Å². The summed E-state index contributed by atoms with van der Waals surface area (Å²) >= 11 is 1.39. The number of aryl methyl sites for hydroxylation is 1. The Hall–Kier alpha value is -1.61. The van der Waals surface area contributed by atoms with E-state index in [4.69, 9.17) is 5.26 Å². The molecule has 0 aliphatic rings. The Labute approximate surface area is 101 Å². The van der Waals surface area contributed by atoms with Crippen LogP contribution in [0, 0.1) is 23.0 Å². The fourth-order valence-electron chi connectivity index (χ4n) is 1.48. The van der Waals surface area contributed by atoms with Gasteiger partial charge >= 0.3 is 0 Å². The predicted molar refractivity (Wildman–Crippen MR) is 61.6 cm³/mol. The third-order valence-electron chi connectivity index (χ3n) is 2.33. The van der Waals surface area contributed by atoms with Crippen LogP contribution in [0.1, 0.15) is 6.42 Å². The van der Waals surface area contributed by atoms with Gasteiger partial charge in [-0.2, -0.15) is 5.26 Å². The zero-order chi connectivity index (χ0) is 12.4. The molecule has 6 heteroatoms. The van der Waals surface area contributed by atoms with Gasteiger partial charge in [0.15, 0.2) is 16.8 Å². The first-order valence-corrected chi connectivity index (χ1v) is 5.93. The van der Waals surface area contributed by atoms with E-state index >= 15 is 0 Å². The third-order valence-corrected chi connectivity index (χ3v) is 3.36. The van der Waals surface area contributed by atoms with Crippen molar-refractivity contribution in [3.8, 4) is 6.07 Å². The van der Waals surface area contributed by atoms with Gasteiger partial charge < -0.3 is 4.57 Å². The molecule has 3 nitrogen and oxygen atoms in total. The van der Waals surface area contributed by atoms with Crippen molar-refractivity contribution in [1.29, 1.82) is 5.26 Å². The minimum atomic E-state index is -0.899. The largest absolute Gasteiger partial charge is 0.322 e. The number of nitrogens with zero attached hydrogens (tertiary/aromatic N) is 3. The molecule has 0 aliphatic heterocycles. The van der Waals surface area contributed by atoms with Crippen molar-refractivity contribution in [2.24, 2.45) is 7.05 Å². The summed E-state index contributed by atoms with van der Waals surface area (Å²) in [6.45, 7) is 0. The van der Waals surface area contributed by atoms with Crippen LogP contribution in [-0.4, -0.2) is 15.3 Å². The van der Waals surface area contributed by atoms with Crippen LogP contribution < -0.4 is 0 Å². The molecule has 0 amide bonds. The van der Waals surface area contributed by atoms with Gasteiger partial charge in [-0.25, -0.2) is 13.8 Å². The molecule has 0 saturated heterocycles. The number of nitriles is 1. The number of rotatable bonds is 3. The Morgan fingerprint density at radius 3 is 2.82 bits per heavy atom. The van der Waals surface area contributed by atoms with Gasteiger partial charge in [-0.05, 0) is 0 Å². The first kappa shape index (κ1) is 11.9. The smallest absolute Gasteiger partial charge is 0.168 e. The van der Waals surface area contributed by atoms with Gasteiger partial charge in [0, 0.05) is 31.4 Å². The number of halogens is 2. The highest BCUT2D eigenvalue weighted by atomic mass is 32.2. The molecule has 88 valence electrons. The monoisotopic (exact) mass is 253 g/mol. The summed E-state index contributed by atoms with van der Waals surface area (Å²) in [5.74, 6) is -1.17. The van der Waals surface area contributed by atoms with E-state index in [1.54, 1.807) is 11.6 Å². The fraction of sp³-hybridized carbons (Fsp3) is 0.273. The highest BCUT2D eigenvalue weighted by molar-refractivity contribution is 7.99. The summed E-state index contributed by atoms with van der Waals surface area (Å²) in [7, 11) is 1.74. The van der Waals surface area contributed by atoms with Gasteiger partial charge in [0.2, 0.25) is 0 Å². The molecule has 0 fully saturated rings. The SMILES string of the molecule is Cn1c(SCCC#N)nc2cc(F)c(F)cc21. The lowest BCUT2D eigenvalue weighted by atomic mass is 10.3. The first-order valence-electron chi connectivity index (χ1n) is 4.94. The van der Waals surface area contributed by atoms with Crippen LogP contribution >= 0.6 is 11.8 Å². The average molecular weight is 253 g/mol. The van der Waals surface area contributed by atoms with Crippen LogP contribution in [0.2, 0.25) is 0 Å². The Balaban J connectivity index is 2.39. The summed E-state index contributed by atoms with van der Waals surface area (Å²) in [5, 5.41) is 9.09. The van der Waals surface area contributed by atoms with E-state index in [0.717, 1.165) is 12.1 Å². The molecule has 1 aromatic carbocycles. The van der Waals surface area contributed by atoms with Gasteiger partial charge in [-0.15, -0.1) is 0 Å². The van der Waals surface area contributed by atoms with Gasteiger partial charge in [0.1, 0.15) is 0 Å². The number of hydrogen-bond acceptors (Lipinski definition) is 3. The Bertz CT molecular complexity index is 601. The van der Waals surface area contributed by atoms with Crippen LogP contribution in [0.25, 0.3) is 11.0 Å². The van der Waals surface area contributed by atoms with E-state index in [9.17, 15) is 8.78 Å². The van der Waals surface area contributed by atoms with E-state index in [1.807, 2.05) is 6.07 Å². The lowest BCUT2D eigenvalue weighted by Crippen LogP contribution is -1.92. The van der Waals surface area contributed by atoms with Crippen molar-refractivity contribution in [1.82, 2.24) is 9.55 Å². The molecule has 0 radical (unpaired) electrons. The molecular weight excluding hydrogens is 244 g/mol. The van der Waals surface area contributed by atoms with Crippen LogP contribution in [-0.2, 0) is 7.05 Å². The zero-order valence-electron chi connectivity index (χ0n) is 9.07. The second-order valence-electron chi connectivity index (χ2n) is 3.47. The second kappa shape index (κ2) is 4.72. The third kappa shape index (κ3) is 2.24. The number of hydrogen-bond donors (Lipinski definition) is 0. The van der Waals surface area contributed by atoms with Gasteiger partial charge in [0.25, 0.3) is 0 Å². The Morgan fingerprint density at radius 1 is 1.41 bits per heavy atom.